The van der Waals surface area contributed by atoms with Gasteiger partial charge in [0.1, 0.15) is 5.82 Å². The Bertz CT molecular complexity index is 924. The molecule has 6 heteroatoms. The lowest BCUT2D eigenvalue weighted by molar-refractivity contribution is 0.609. The second kappa shape index (κ2) is 5.09. The van der Waals surface area contributed by atoms with Crippen molar-refractivity contribution >= 4 is 30.6 Å². The molecule has 3 aromatic rings. The van der Waals surface area contributed by atoms with Crippen LogP contribution in [0.1, 0.15) is 0 Å². The lowest BCUT2D eigenvalue weighted by Gasteiger charge is -2.05. The van der Waals surface area contributed by atoms with Gasteiger partial charge in [-0.3, -0.25) is 4.98 Å². The molecule has 0 saturated heterocycles. The van der Waals surface area contributed by atoms with Crippen LogP contribution in [-0.4, -0.2) is 13.4 Å². The molecule has 2 aromatic carbocycles. The van der Waals surface area contributed by atoms with Crippen LogP contribution in [0.25, 0.3) is 22.0 Å². The highest BCUT2D eigenvalue weighted by molar-refractivity contribution is 8.13. The number of hydrogen-bond acceptors (Lipinski definition) is 3. The summed E-state index contributed by atoms with van der Waals surface area (Å²) in [6.07, 6.45) is 1.66. The Labute approximate surface area is 125 Å². The molecule has 0 saturated carbocycles. The van der Waals surface area contributed by atoms with Crippen molar-refractivity contribution < 1.29 is 12.8 Å². The van der Waals surface area contributed by atoms with Crippen LogP contribution >= 0.6 is 10.7 Å². The van der Waals surface area contributed by atoms with Crippen molar-refractivity contribution in [3.05, 3.63) is 60.5 Å². The number of fused-ring (bicyclic) bond motifs is 1. The maximum Gasteiger partial charge on any atom is 0.261 e. The average molecular weight is 322 g/mol. The maximum atomic E-state index is 12.9. The largest absolute Gasteiger partial charge is 0.261 e. The fourth-order valence-electron chi connectivity index (χ4n) is 2.06. The van der Waals surface area contributed by atoms with E-state index in [0.717, 1.165) is 11.1 Å². The Kier molecular flexibility index (Phi) is 3.39. The third kappa shape index (κ3) is 2.89. The molecular formula is C15H9ClFNO2S. The quantitative estimate of drug-likeness (QED) is 0.671. The molecule has 0 aliphatic rings. The minimum absolute atomic E-state index is 0.0229. The molecule has 0 spiro atoms. The number of halogens is 2. The lowest BCUT2D eigenvalue weighted by atomic mass is 10.1. The molecule has 0 unspecified atom stereocenters. The van der Waals surface area contributed by atoms with E-state index in [-0.39, 0.29) is 10.7 Å². The molecule has 0 bridgehead atoms. The van der Waals surface area contributed by atoms with Gasteiger partial charge in [0, 0.05) is 27.8 Å². The molecule has 3 nitrogen and oxygen atoms in total. The summed E-state index contributed by atoms with van der Waals surface area (Å²) in [6.45, 7) is 0. The molecule has 0 aliphatic carbocycles. The van der Waals surface area contributed by atoms with Crippen LogP contribution in [-0.2, 0) is 9.05 Å². The maximum absolute atomic E-state index is 12.9. The number of benzene rings is 2. The molecule has 0 atom stereocenters. The van der Waals surface area contributed by atoms with Crippen LogP contribution in [0.2, 0.25) is 0 Å². The van der Waals surface area contributed by atoms with Gasteiger partial charge in [-0.25, -0.2) is 12.8 Å². The Balaban J connectivity index is 2.16. The summed E-state index contributed by atoms with van der Waals surface area (Å²) >= 11 is 0. The van der Waals surface area contributed by atoms with Crippen LogP contribution in [0.3, 0.4) is 0 Å². The Morgan fingerprint density at radius 2 is 1.67 bits per heavy atom. The first-order valence-electron chi connectivity index (χ1n) is 6.04. The minimum atomic E-state index is -3.78. The third-order valence-corrected chi connectivity index (χ3v) is 4.46. The molecular weight excluding hydrogens is 313 g/mol. The molecule has 1 aromatic heterocycles. The zero-order valence-corrected chi connectivity index (χ0v) is 12.2. The van der Waals surface area contributed by atoms with Crippen LogP contribution in [0.5, 0.6) is 0 Å². The molecule has 3 rings (SSSR count). The van der Waals surface area contributed by atoms with E-state index in [1.165, 1.54) is 24.3 Å². The molecule has 21 heavy (non-hydrogen) atoms. The second-order valence-corrected chi connectivity index (χ2v) is 7.09. The average Bonchev–Trinajstić information content (AvgIpc) is 2.46. The van der Waals surface area contributed by atoms with Gasteiger partial charge in [0.2, 0.25) is 0 Å². The van der Waals surface area contributed by atoms with Gasteiger partial charge in [-0.15, -0.1) is 0 Å². The molecule has 0 radical (unpaired) electrons. The molecule has 106 valence electrons. The number of nitrogens with zero attached hydrogens (tertiary/aromatic N) is 1. The van der Waals surface area contributed by atoms with Crippen molar-refractivity contribution in [2.45, 2.75) is 4.90 Å². The number of hydrogen-bond donors (Lipinski definition) is 0. The van der Waals surface area contributed by atoms with Crippen molar-refractivity contribution in [2.24, 2.45) is 0 Å². The minimum Gasteiger partial charge on any atom is -0.256 e. The van der Waals surface area contributed by atoms with E-state index in [9.17, 15) is 12.8 Å². The fraction of sp³-hybridized carbons (Fsp3) is 0. The summed E-state index contributed by atoms with van der Waals surface area (Å²) in [5, 5.41) is 0.651. The predicted octanol–water partition coefficient (Wildman–Crippen LogP) is 3.97. The van der Waals surface area contributed by atoms with Gasteiger partial charge in [0.15, 0.2) is 0 Å². The summed E-state index contributed by atoms with van der Waals surface area (Å²) < 4.78 is 35.7. The predicted molar refractivity (Wildman–Crippen MR) is 80.2 cm³/mol. The molecule has 0 aliphatic heterocycles. The van der Waals surface area contributed by atoms with Crippen molar-refractivity contribution in [3.63, 3.8) is 0 Å². The van der Waals surface area contributed by atoms with Crippen LogP contribution in [0, 0.1) is 5.82 Å². The first-order chi connectivity index (χ1) is 9.93. The monoisotopic (exact) mass is 321 g/mol. The van der Waals surface area contributed by atoms with E-state index in [1.54, 1.807) is 30.5 Å². The normalized spacial score (nSPS) is 11.7. The van der Waals surface area contributed by atoms with Gasteiger partial charge < -0.3 is 0 Å². The standard InChI is InChI=1S/C15H9ClFNO2S/c16-21(19,20)14-5-6-15-11(8-14)7-12(9-18-15)10-1-3-13(17)4-2-10/h1-9H. The Hall–Kier alpha value is -1.98. The van der Waals surface area contributed by atoms with E-state index in [4.69, 9.17) is 10.7 Å². The Morgan fingerprint density at radius 3 is 2.33 bits per heavy atom. The van der Waals surface area contributed by atoms with E-state index in [0.29, 0.717) is 10.9 Å². The van der Waals surface area contributed by atoms with E-state index in [1.807, 2.05) is 0 Å². The SMILES string of the molecule is O=S(=O)(Cl)c1ccc2ncc(-c3ccc(F)cc3)cc2c1. The van der Waals surface area contributed by atoms with Crippen molar-refractivity contribution in [1.29, 1.82) is 0 Å². The summed E-state index contributed by atoms with van der Waals surface area (Å²) in [5.41, 5.74) is 2.22. The molecule has 0 amide bonds. The second-order valence-electron chi connectivity index (χ2n) is 4.52. The molecule has 0 N–H and O–H groups in total. The first kappa shape index (κ1) is 14.0. The van der Waals surface area contributed by atoms with E-state index in [2.05, 4.69) is 4.98 Å². The van der Waals surface area contributed by atoms with Crippen LogP contribution in [0.4, 0.5) is 4.39 Å². The first-order valence-corrected chi connectivity index (χ1v) is 8.35. The zero-order chi connectivity index (χ0) is 15.0. The Morgan fingerprint density at radius 1 is 0.952 bits per heavy atom. The molecule has 1 heterocycles. The van der Waals surface area contributed by atoms with Gasteiger partial charge in [-0.2, -0.15) is 0 Å². The van der Waals surface area contributed by atoms with Crippen molar-refractivity contribution in [2.75, 3.05) is 0 Å². The van der Waals surface area contributed by atoms with E-state index >= 15 is 0 Å². The highest BCUT2D eigenvalue weighted by Gasteiger charge is 2.11. The van der Waals surface area contributed by atoms with Gasteiger partial charge in [-0.1, -0.05) is 12.1 Å². The van der Waals surface area contributed by atoms with Gasteiger partial charge in [-0.05, 0) is 42.0 Å². The lowest BCUT2D eigenvalue weighted by Crippen LogP contribution is -1.91. The van der Waals surface area contributed by atoms with Crippen LogP contribution < -0.4 is 0 Å². The van der Waals surface area contributed by atoms with Crippen LogP contribution in [0.15, 0.2) is 59.6 Å². The highest BCUT2D eigenvalue weighted by atomic mass is 35.7. The van der Waals surface area contributed by atoms with Gasteiger partial charge >= 0.3 is 0 Å². The molecule has 0 fully saturated rings. The zero-order valence-electron chi connectivity index (χ0n) is 10.6. The fourth-order valence-corrected chi connectivity index (χ4v) is 2.85. The highest BCUT2D eigenvalue weighted by Crippen LogP contribution is 2.25. The number of aromatic nitrogens is 1. The summed E-state index contributed by atoms with van der Waals surface area (Å²) in [7, 11) is 1.56. The van der Waals surface area contributed by atoms with Crippen molar-refractivity contribution in [3.8, 4) is 11.1 Å². The summed E-state index contributed by atoms with van der Waals surface area (Å²) in [5.74, 6) is -0.317. The summed E-state index contributed by atoms with van der Waals surface area (Å²) in [4.78, 5) is 4.29. The number of pyridine rings is 1. The van der Waals surface area contributed by atoms with E-state index < -0.39 is 9.05 Å². The smallest absolute Gasteiger partial charge is 0.256 e. The topological polar surface area (TPSA) is 47.0 Å². The van der Waals surface area contributed by atoms with Crippen molar-refractivity contribution in [1.82, 2.24) is 4.98 Å². The van der Waals surface area contributed by atoms with Gasteiger partial charge in [0.25, 0.3) is 9.05 Å². The van der Waals surface area contributed by atoms with Gasteiger partial charge in [0.05, 0.1) is 10.4 Å². The third-order valence-electron chi connectivity index (χ3n) is 3.11. The number of rotatable bonds is 2. The summed E-state index contributed by atoms with van der Waals surface area (Å²) in [6, 6.07) is 12.3.